The average molecular weight is 395 g/mol. The third kappa shape index (κ3) is 3.12. The van der Waals surface area contributed by atoms with E-state index < -0.39 is 17.8 Å². The van der Waals surface area contributed by atoms with Gasteiger partial charge < -0.3 is 9.15 Å². The van der Waals surface area contributed by atoms with Gasteiger partial charge in [0.05, 0.1) is 21.6 Å². The van der Waals surface area contributed by atoms with E-state index in [0.29, 0.717) is 5.89 Å². The quantitative estimate of drug-likeness (QED) is 0.359. The first-order chi connectivity index (χ1) is 13.6. The van der Waals surface area contributed by atoms with E-state index in [1.165, 1.54) is 35.6 Å². The van der Waals surface area contributed by atoms with Gasteiger partial charge in [0.1, 0.15) is 0 Å². The molecule has 0 aliphatic carbocycles. The Labute approximate surface area is 163 Å². The van der Waals surface area contributed by atoms with Crippen LogP contribution in [0.5, 0.6) is 0 Å². The van der Waals surface area contributed by atoms with Crippen LogP contribution in [0.4, 0.5) is 0 Å². The Bertz CT molecular complexity index is 1090. The van der Waals surface area contributed by atoms with Crippen LogP contribution in [-0.4, -0.2) is 39.4 Å². The van der Waals surface area contributed by atoms with Crippen molar-refractivity contribution < 1.29 is 23.5 Å². The summed E-state index contributed by atoms with van der Waals surface area (Å²) in [5.74, 6) is -1.04. The van der Waals surface area contributed by atoms with Crippen LogP contribution in [0.15, 0.2) is 52.8 Å². The van der Waals surface area contributed by atoms with E-state index in [4.69, 9.17) is 9.15 Å². The first kappa shape index (κ1) is 17.8. The zero-order valence-electron chi connectivity index (χ0n) is 14.5. The minimum atomic E-state index is -0.666. The molecule has 2 amide bonds. The number of esters is 1. The fourth-order valence-corrected chi connectivity index (χ4v) is 3.38. The number of benzene rings is 1. The number of amides is 2. The molecule has 28 heavy (non-hydrogen) atoms. The van der Waals surface area contributed by atoms with Crippen molar-refractivity contribution in [3.63, 3.8) is 0 Å². The fraction of sp³-hybridized carbons (Fsp3) is 0.105. The summed E-state index contributed by atoms with van der Waals surface area (Å²) in [6.45, 7) is 3.44. The lowest BCUT2D eigenvalue weighted by molar-refractivity contribution is 0.0438. The van der Waals surface area contributed by atoms with Gasteiger partial charge in [0.15, 0.2) is 6.61 Å². The highest BCUT2D eigenvalue weighted by atomic mass is 32.1. The molecule has 0 spiro atoms. The third-order valence-electron chi connectivity index (χ3n) is 4.04. The summed E-state index contributed by atoms with van der Waals surface area (Å²) in [6.07, 6.45) is 1.46. The predicted octanol–water partition coefficient (Wildman–Crippen LogP) is 2.94. The highest BCUT2D eigenvalue weighted by molar-refractivity contribution is 7.13. The van der Waals surface area contributed by atoms with Gasteiger partial charge in [-0.25, -0.2) is 4.79 Å². The van der Waals surface area contributed by atoms with E-state index >= 15 is 0 Å². The molecule has 8 nitrogen and oxygen atoms in total. The van der Waals surface area contributed by atoms with Crippen LogP contribution in [0.3, 0.4) is 0 Å². The Morgan fingerprint density at radius 2 is 2.04 bits per heavy atom. The second-order valence-corrected chi connectivity index (χ2v) is 6.77. The number of imide groups is 1. The number of fused-ring (bicyclic) bond motifs is 1. The maximum Gasteiger partial charge on any atom is 0.338 e. The van der Waals surface area contributed by atoms with Gasteiger partial charge in [0.2, 0.25) is 0 Å². The van der Waals surface area contributed by atoms with Gasteiger partial charge in [-0.05, 0) is 29.6 Å². The highest BCUT2D eigenvalue weighted by Gasteiger charge is 2.35. The number of rotatable bonds is 6. The topological polar surface area (TPSA) is 103 Å². The number of ether oxygens (including phenoxy) is 1. The average Bonchev–Trinajstić information content (AvgIpc) is 3.43. The number of nitrogens with zero attached hydrogens (tertiary/aromatic N) is 3. The Hall–Kier alpha value is -3.59. The molecule has 140 valence electrons. The summed E-state index contributed by atoms with van der Waals surface area (Å²) in [4.78, 5) is 38.7. The van der Waals surface area contributed by atoms with Crippen LogP contribution < -0.4 is 0 Å². The van der Waals surface area contributed by atoms with Crippen molar-refractivity contribution in [1.29, 1.82) is 0 Å². The van der Waals surface area contributed by atoms with Crippen molar-refractivity contribution in [1.82, 2.24) is 15.1 Å². The number of carbonyl (C=O) groups excluding carboxylic acids is 3. The SMILES string of the molecule is C=CCN1C(=O)c2ccc(C(=O)OCc3nnc(-c4cccs4)o3)cc2C1=O. The smallest absolute Gasteiger partial charge is 0.338 e. The van der Waals surface area contributed by atoms with Crippen molar-refractivity contribution >= 4 is 29.1 Å². The van der Waals surface area contributed by atoms with E-state index in [0.717, 1.165) is 9.78 Å². The Kier molecular flexibility index (Phi) is 4.58. The van der Waals surface area contributed by atoms with Crippen LogP contribution in [0.1, 0.15) is 37.0 Å². The van der Waals surface area contributed by atoms with Crippen molar-refractivity contribution in [2.75, 3.05) is 6.54 Å². The second kappa shape index (κ2) is 7.20. The minimum Gasteiger partial charge on any atom is -0.452 e. The van der Waals surface area contributed by atoms with E-state index in [1.807, 2.05) is 17.5 Å². The molecule has 1 aliphatic heterocycles. The maximum atomic E-state index is 12.3. The summed E-state index contributed by atoms with van der Waals surface area (Å²) in [5.41, 5.74) is 0.568. The van der Waals surface area contributed by atoms with Gasteiger partial charge in [0.25, 0.3) is 23.6 Å². The Balaban J connectivity index is 1.46. The lowest BCUT2D eigenvalue weighted by Crippen LogP contribution is -2.29. The number of carbonyl (C=O) groups is 3. The molecular weight excluding hydrogens is 382 g/mol. The number of thiophene rings is 1. The summed E-state index contributed by atoms with van der Waals surface area (Å²) in [7, 11) is 0. The molecule has 0 atom stereocenters. The first-order valence-electron chi connectivity index (χ1n) is 8.23. The highest BCUT2D eigenvalue weighted by Crippen LogP contribution is 2.25. The second-order valence-electron chi connectivity index (χ2n) is 5.82. The van der Waals surface area contributed by atoms with Crippen LogP contribution >= 0.6 is 11.3 Å². The molecule has 0 radical (unpaired) electrons. The molecule has 0 saturated carbocycles. The van der Waals surface area contributed by atoms with Gasteiger partial charge in [-0.15, -0.1) is 28.1 Å². The number of hydrogen-bond donors (Lipinski definition) is 0. The molecule has 9 heteroatoms. The van der Waals surface area contributed by atoms with Gasteiger partial charge in [-0.2, -0.15) is 0 Å². The van der Waals surface area contributed by atoms with Gasteiger partial charge in [-0.3, -0.25) is 14.5 Å². The number of hydrogen-bond acceptors (Lipinski definition) is 8. The summed E-state index contributed by atoms with van der Waals surface area (Å²) < 4.78 is 10.6. The van der Waals surface area contributed by atoms with E-state index in [-0.39, 0.29) is 35.7 Å². The van der Waals surface area contributed by atoms with Crippen molar-refractivity contribution in [3.8, 4) is 10.8 Å². The van der Waals surface area contributed by atoms with E-state index in [1.54, 1.807) is 0 Å². The van der Waals surface area contributed by atoms with Gasteiger partial charge >= 0.3 is 5.97 Å². The Morgan fingerprint density at radius 1 is 1.21 bits per heavy atom. The molecule has 4 rings (SSSR count). The third-order valence-corrected chi connectivity index (χ3v) is 4.90. The first-order valence-corrected chi connectivity index (χ1v) is 9.11. The molecule has 1 aliphatic rings. The lowest BCUT2D eigenvalue weighted by atomic mass is 10.1. The van der Waals surface area contributed by atoms with E-state index in [9.17, 15) is 14.4 Å². The molecule has 0 saturated heterocycles. The monoisotopic (exact) mass is 395 g/mol. The van der Waals surface area contributed by atoms with Crippen LogP contribution in [0, 0.1) is 0 Å². The molecular formula is C19H13N3O5S. The standard InChI is InChI=1S/C19H13N3O5S/c1-2-7-22-17(23)12-6-5-11(9-13(12)18(22)24)19(25)26-10-15-20-21-16(27-15)14-4-3-8-28-14/h2-6,8-9H,1,7,10H2. The zero-order chi connectivity index (χ0) is 19.7. The van der Waals surface area contributed by atoms with Gasteiger partial charge in [0, 0.05) is 6.54 Å². The largest absolute Gasteiger partial charge is 0.452 e. The fourth-order valence-electron chi connectivity index (χ4n) is 2.73. The van der Waals surface area contributed by atoms with Crippen molar-refractivity contribution in [2.24, 2.45) is 0 Å². The molecule has 0 N–H and O–H groups in total. The maximum absolute atomic E-state index is 12.3. The molecule has 3 aromatic rings. The van der Waals surface area contributed by atoms with Crippen molar-refractivity contribution in [3.05, 3.63) is 70.9 Å². The Morgan fingerprint density at radius 3 is 2.79 bits per heavy atom. The summed E-state index contributed by atoms with van der Waals surface area (Å²) >= 11 is 1.45. The summed E-state index contributed by atoms with van der Waals surface area (Å²) in [6, 6.07) is 7.93. The van der Waals surface area contributed by atoms with E-state index in [2.05, 4.69) is 16.8 Å². The zero-order valence-corrected chi connectivity index (χ0v) is 15.3. The molecule has 3 heterocycles. The molecule has 0 fully saturated rings. The minimum absolute atomic E-state index is 0.107. The van der Waals surface area contributed by atoms with Gasteiger partial charge in [-0.1, -0.05) is 12.1 Å². The molecule has 0 bridgehead atoms. The molecule has 2 aromatic heterocycles. The van der Waals surface area contributed by atoms with Crippen LogP contribution in [0.2, 0.25) is 0 Å². The predicted molar refractivity (Wildman–Crippen MR) is 98.7 cm³/mol. The lowest BCUT2D eigenvalue weighted by Gasteiger charge is -2.09. The van der Waals surface area contributed by atoms with Crippen LogP contribution in [0.25, 0.3) is 10.8 Å². The normalized spacial score (nSPS) is 12.9. The molecule has 1 aromatic carbocycles. The van der Waals surface area contributed by atoms with Crippen LogP contribution in [-0.2, 0) is 11.3 Å². The van der Waals surface area contributed by atoms with Crippen molar-refractivity contribution in [2.45, 2.75) is 6.61 Å². The molecule has 0 unspecified atom stereocenters. The number of aromatic nitrogens is 2. The summed E-state index contributed by atoms with van der Waals surface area (Å²) in [5, 5.41) is 9.64.